The van der Waals surface area contributed by atoms with Crippen molar-refractivity contribution in [1.29, 1.82) is 0 Å². The predicted molar refractivity (Wildman–Crippen MR) is 83.7 cm³/mol. The number of nitrogens with zero attached hydrogens (tertiary/aromatic N) is 1. The molecule has 0 saturated carbocycles. The van der Waals surface area contributed by atoms with Gasteiger partial charge in [0.1, 0.15) is 0 Å². The molecule has 0 bridgehead atoms. The van der Waals surface area contributed by atoms with Gasteiger partial charge in [0.25, 0.3) is 0 Å². The number of halogens is 1. The highest BCUT2D eigenvalue weighted by atomic mass is 79.9. The molecule has 2 unspecified atom stereocenters. The molecular formula is C16H24BrNO. The van der Waals surface area contributed by atoms with Gasteiger partial charge in [0, 0.05) is 24.5 Å². The molecule has 106 valence electrons. The van der Waals surface area contributed by atoms with E-state index in [0.29, 0.717) is 12.1 Å². The number of hydrogen-bond acceptors (Lipinski definition) is 2. The van der Waals surface area contributed by atoms with Crippen molar-refractivity contribution in [2.75, 3.05) is 19.7 Å². The van der Waals surface area contributed by atoms with Gasteiger partial charge in [-0.25, -0.2) is 0 Å². The Balaban J connectivity index is 1.99. The fraction of sp³-hybridized carbons (Fsp3) is 0.625. The van der Waals surface area contributed by atoms with Gasteiger partial charge in [-0.05, 0) is 24.5 Å². The average molecular weight is 326 g/mol. The zero-order valence-corrected chi connectivity index (χ0v) is 13.5. The van der Waals surface area contributed by atoms with Crippen LogP contribution in [0.15, 0.2) is 24.3 Å². The molecule has 2 atom stereocenters. The molecule has 2 nitrogen and oxygen atoms in total. The van der Waals surface area contributed by atoms with E-state index in [2.05, 4.69) is 58.9 Å². The normalized spacial score (nSPS) is 22.4. The number of hydrogen-bond donors (Lipinski definition) is 0. The van der Waals surface area contributed by atoms with Crippen molar-refractivity contribution in [2.24, 2.45) is 0 Å². The number of alkyl halides is 1. The van der Waals surface area contributed by atoms with Gasteiger partial charge >= 0.3 is 0 Å². The van der Waals surface area contributed by atoms with Crippen LogP contribution in [0.1, 0.15) is 43.9 Å². The molecule has 0 amide bonds. The number of morpholine rings is 1. The lowest BCUT2D eigenvalue weighted by Gasteiger charge is -2.37. The van der Waals surface area contributed by atoms with E-state index in [0.717, 1.165) is 25.0 Å². The maximum Gasteiger partial charge on any atom is 0.0702 e. The SMILES string of the molecule is CCCC1CN(C(C)c2ccc(CBr)cc2)CCO1. The summed E-state index contributed by atoms with van der Waals surface area (Å²) in [6.45, 7) is 7.51. The maximum atomic E-state index is 5.82. The summed E-state index contributed by atoms with van der Waals surface area (Å²) in [6.07, 6.45) is 2.79. The van der Waals surface area contributed by atoms with Crippen LogP contribution in [0, 0.1) is 0 Å². The van der Waals surface area contributed by atoms with Crippen LogP contribution in [0.25, 0.3) is 0 Å². The molecule has 1 saturated heterocycles. The molecule has 0 aromatic heterocycles. The van der Waals surface area contributed by atoms with E-state index in [9.17, 15) is 0 Å². The van der Waals surface area contributed by atoms with Crippen molar-refractivity contribution < 1.29 is 4.74 Å². The molecule has 2 rings (SSSR count). The molecule has 19 heavy (non-hydrogen) atoms. The first kappa shape index (κ1) is 15.0. The minimum Gasteiger partial charge on any atom is -0.376 e. The van der Waals surface area contributed by atoms with Crippen molar-refractivity contribution >= 4 is 15.9 Å². The summed E-state index contributed by atoms with van der Waals surface area (Å²) in [5.41, 5.74) is 2.74. The quantitative estimate of drug-likeness (QED) is 0.754. The van der Waals surface area contributed by atoms with Crippen molar-refractivity contribution in [3.05, 3.63) is 35.4 Å². The number of rotatable bonds is 5. The molecule has 1 heterocycles. The van der Waals surface area contributed by atoms with Gasteiger partial charge in [-0.1, -0.05) is 53.5 Å². The first-order valence-corrected chi connectivity index (χ1v) is 8.37. The van der Waals surface area contributed by atoms with Gasteiger partial charge in [0.15, 0.2) is 0 Å². The predicted octanol–water partition coefficient (Wildman–Crippen LogP) is 4.14. The van der Waals surface area contributed by atoms with Gasteiger partial charge in [-0.3, -0.25) is 4.90 Å². The van der Waals surface area contributed by atoms with E-state index in [1.54, 1.807) is 0 Å². The highest BCUT2D eigenvalue weighted by molar-refractivity contribution is 9.08. The van der Waals surface area contributed by atoms with Crippen LogP contribution in [-0.4, -0.2) is 30.7 Å². The van der Waals surface area contributed by atoms with Crippen LogP contribution in [0.4, 0.5) is 0 Å². The molecule has 0 aliphatic carbocycles. The fourth-order valence-corrected chi connectivity index (χ4v) is 3.06. The van der Waals surface area contributed by atoms with E-state index in [1.807, 2.05) is 0 Å². The van der Waals surface area contributed by atoms with E-state index < -0.39 is 0 Å². The Morgan fingerprint density at radius 2 is 2.11 bits per heavy atom. The second-order valence-corrected chi connectivity index (χ2v) is 5.89. The summed E-state index contributed by atoms with van der Waals surface area (Å²) in [4.78, 5) is 2.55. The minimum absolute atomic E-state index is 0.419. The van der Waals surface area contributed by atoms with E-state index >= 15 is 0 Å². The Labute approximate surface area is 125 Å². The van der Waals surface area contributed by atoms with Crippen molar-refractivity contribution in [3.8, 4) is 0 Å². The Morgan fingerprint density at radius 1 is 1.37 bits per heavy atom. The van der Waals surface area contributed by atoms with Gasteiger partial charge in [0.2, 0.25) is 0 Å². The third-order valence-corrected chi connectivity index (χ3v) is 4.59. The molecule has 1 aromatic rings. The molecule has 1 fully saturated rings. The monoisotopic (exact) mass is 325 g/mol. The fourth-order valence-electron chi connectivity index (χ4n) is 2.69. The highest BCUT2D eigenvalue weighted by Crippen LogP contribution is 2.24. The minimum atomic E-state index is 0.419. The molecule has 3 heteroatoms. The Kier molecular flexibility index (Phi) is 5.86. The summed E-state index contributed by atoms with van der Waals surface area (Å²) < 4.78 is 5.82. The summed E-state index contributed by atoms with van der Waals surface area (Å²) in [5, 5.41) is 0.928. The van der Waals surface area contributed by atoms with Crippen LogP contribution >= 0.6 is 15.9 Å². The first-order valence-electron chi connectivity index (χ1n) is 7.25. The molecule has 1 aliphatic heterocycles. The van der Waals surface area contributed by atoms with Crippen molar-refractivity contribution in [2.45, 2.75) is 44.2 Å². The second kappa shape index (κ2) is 7.41. The van der Waals surface area contributed by atoms with Crippen LogP contribution in [0.2, 0.25) is 0 Å². The summed E-state index contributed by atoms with van der Waals surface area (Å²) in [5.74, 6) is 0. The van der Waals surface area contributed by atoms with Gasteiger partial charge in [-0.15, -0.1) is 0 Å². The maximum absolute atomic E-state index is 5.82. The summed E-state index contributed by atoms with van der Waals surface area (Å²) in [6, 6.07) is 9.42. The van der Waals surface area contributed by atoms with Gasteiger partial charge in [0.05, 0.1) is 12.7 Å². The molecule has 0 spiro atoms. The molecular weight excluding hydrogens is 302 g/mol. The van der Waals surface area contributed by atoms with Crippen molar-refractivity contribution in [3.63, 3.8) is 0 Å². The smallest absolute Gasteiger partial charge is 0.0702 e. The Morgan fingerprint density at radius 3 is 2.74 bits per heavy atom. The number of benzene rings is 1. The number of ether oxygens (including phenoxy) is 1. The van der Waals surface area contributed by atoms with Gasteiger partial charge < -0.3 is 4.74 Å². The van der Waals surface area contributed by atoms with E-state index in [4.69, 9.17) is 4.74 Å². The molecule has 1 aromatic carbocycles. The lowest BCUT2D eigenvalue weighted by Crippen LogP contribution is -2.43. The first-order chi connectivity index (χ1) is 9.24. The van der Waals surface area contributed by atoms with Crippen LogP contribution in [-0.2, 0) is 10.1 Å². The van der Waals surface area contributed by atoms with Crippen LogP contribution in [0.3, 0.4) is 0 Å². The molecule has 1 aliphatic rings. The van der Waals surface area contributed by atoms with E-state index in [-0.39, 0.29) is 0 Å². The van der Waals surface area contributed by atoms with Crippen molar-refractivity contribution in [1.82, 2.24) is 4.90 Å². The summed E-state index contributed by atoms with van der Waals surface area (Å²) >= 11 is 3.49. The Bertz CT molecular complexity index is 377. The third kappa shape index (κ3) is 4.04. The average Bonchev–Trinajstić information content (AvgIpc) is 2.47. The molecule has 0 radical (unpaired) electrons. The van der Waals surface area contributed by atoms with Gasteiger partial charge in [-0.2, -0.15) is 0 Å². The third-order valence-electron chi connectivity index (χ3n) is 3.94. The standard InChI is InChI=1S/C16H24BrNO/c1-3-4-16-12-18(9-10-19-16)13(2)15-7-5-14(11-17)6-8-15/h5-8,13,16H,3-4,9-12H2,1-2H3. The largest absolute Gasteiger partial charge is 0.376 e. The zero-order valence-electron chi connectivity index (χ0n) is 11.9. The second-order valence-electron chi connectivity index (χ2n) is 5.33. The Hall–Kier alpha value is -0.380. The highest BCUT2D eigenvalue weighted by Gasteiger charge is 2.24. The topological polar surface area (TPSA) is 12.5 Å². The van der Waals surface area contributed by atoms with Crippen LogP contribution < -0.4 is 0 Å². The van der Waals surface area contributed by atoms with E-state index in [1.165, 1.54) is 24.0 Å². The lowest BCUT2D eigenvalue weighted by atomic mass is 10.0. The summed E-state index contributed by atoms with van der Waals surface area (Å²) in [7, 11) is 0. The van der Waals surface area contributed by atoms with Crippen LogP contribution in [0.5, 0.6) is 0 Å². The molecule has 0 N–H and O–H groups in total. The zero-order chi connectivity index (χ0) is 13.7. The lowest BCUT2D eigenvalue weighted by molar-refractivity contribution is -0.0448.